The van der Waals surface area contributed by atoms with E-state index in [1.54, 1.807) is 25.4 Å². The minimum absolute atomic E-state index is 0.00196. The molecule has 2 unspecified atom stereocenters. The molecule has 1 aromatic carbocycles. The van der Waals surface area contributed by atoms with E-state index in [2.05, 4.69) is 37.0 Å². The SMILES string of the molecule is COc1nc(Nc2nccc(-c3ccc(OC4CCN(C(=O)C(C)O)CC4(F)F)c(C#N)c3)n2)ccc1N1CCN(C2COC2)[C@@H](C)C1. The van der Waals surface area contributed by atoms with Gasteiger partial charge in [-0.25, -0.2) is 18.7 Å². The number of likely N-dealkylation sites (tertiary alicyclic amines) is 1. The number of aliphatic hydroxyl groups excluding tert-OH is 1. The van der Waals surface area contributed by atoms with Crippen LogP contribution < -0.4 is 19.7 Å². The van der Waals surface area contributed by atoms with Gasteiger partial charge in [0.15, 0.2) is 6.10 Å². The van der Waals surface area contributed by atoms with Gasteiger partial charge in [-0.2, -0.15) is 10.2 Å². The summed E-state index contributed by atoms with van der Waals surface area (Å²) in [6, 6.07) is 12.9. The first-order valence-electron chi connectivity index (χ1n) is 15.9. The average Bonchev–Trinajstić information content (AvgIpc) is 3.05. The molecule has 0 spiro atoms. The maximum absolute atomic E-state index is 14.9. The van der Waals surface area contributed by atoms with Crippen LogP contribution >= 0.6 is 0 Å². The number of ether oxygens (including phenoxy) is 3. The summed E-state index contributed by atoms with van der Waals surface area (Å²) in [4.78, 5) is 31.3. The number of piperazine rings is 1. The molecular weight excluding hydrogens is 626 g/mol. The van der Waals surface area contributed by atoms with E-state index >= 15 is 0 Å². The minimum atomic E-state index is -3.38. The van der Waals surface area contributed by atoms with E-state index < -0.39 is 30.6 Å². The van der Waals surface area contributed by atoms with E-state index in [1.807, 2.05) is 18.2 Å². The monoisotopic (exact) mass is 664 g/mol. The predicted molar refractivity (Wildman–Crippen MR) is 171 cm³/mol. The van der Waals surface area contributed by atoms with Crippen molar-refractivity contribution in [2.75, 3.05) is 63.3 Å². The van der Waals surface area contributed by atoms with Crippen molar-refractivity contribution >= 4 is 23.4 Å². The number of hydrogen-bond acceptors (Lipinski definition) is 12. The van der Waals surface area contributed by atoms with Gasteiger partial charge in [-0.1, -0.05) is 0 Å². The number of amides is 1. The lowest BCUT2D eigenvalue weighted by Crippen LogP contribution is -2.60. The number of carbonyl (C=O) groups is 1. The predicted octanol–water partition coefficient (Wildman–Crippen LogP) is 3.07. The highest BCUT2D eigenvalue weighted by Crippen LogP contribution is 2.35. The molecule has 2 aromatic heterocycles. The van der Waals surface area contributed by atoms with Crippen LogP contribution in [-0.4, -0.2) is 119 Å². The van der Waals surface area contributed by atoms with E-state index in [0.29, 0.717) is 35.0 Å². The second kappa shape index (κ2) is 13.8. The van der Waals surface area contributed by atoms with Gasteiger partial charge in [0, 0.05) is 50.4 Å². The molecule has 0 aliphatic carbocycles. The number of nitrogens with one attached hydrogen (secondary N) is 1. The van der Waals surface area contributed by atoms with Crippen LogP contribution in [0.4, 0.5) is 26.2 Å². The van der Waals surface area contributed by atoms with Gasteiger partial charge in [-0.3, -0.25) is 9.69 Å². The molecule has 0 bridgehead atoms. The lowest BCUT2D eigenvalue weighted by atomic mass is 10.0. The second-order valence-electron chi connectivity index (χ2n) is 12.3. The van der Waals surface area contributed by atoms with Gasteiger partial charge < -0.3 is 34.4 Å². The van der Waals surface area contributed by atoms with Crippen molar-refractivity contribution in [1.82, 2.24) is 24.8 Å². The first-order chi connectivity index (χ1) is 23.1. The number of carbonyl (C=O) groups excluding carboxylic acids is 1. The van der Waals surface area contributed by atoms with Crippen LogP contribution in [0, 0.1) is 11.3 Å². The largest absolute Gasteiger partial charge is 0.483 e. The summed E-state index contributed by atoms with van der Waals surface area (Å²) in [6.45, 7) is 6.77. The quantitative estimate of drug-likeness (QED) is 0.346. The standard InChI is InChI=1S/C33H38F2N8O5/c1-20-16-41(12-13-43(20)24-17-47-18-24)26-5-7-29(39-30(26)46-3)40-32-37-10-8-25(38-32)22-4-6-27(23(14-22)15-36)48-28-9-11-42(19-33(28,34)35)31(45)21(2)44/h4-8,10,14,20-21,24,28,44H,9,11-13,16-19H2,1-3H3,(H,37,38,39,40)/t20-,21?,28?/m0/s1. The van der Waals surface area contributed by atoms with Crippen molar-refractivity contribution < 1.29 is 32.9 Å². The highest BCUT2D eigenvalue weighted by atomic mass is 19.3. The topological polar surface area (TPSA) is 149 Å². The van der Waals surface area contributed by atoms with E-state index in [4.69, 9.17) is 14.2 Å². The number of rotatable bonds is 9. The Bertz CT molecular complexity index is 1680. The number of anilines is 3. The first kappa shape index (κ1) is 33.3. The highest BCUT2D eigenvalue weighted by Gasteiger charge is 2.48. The molecule has 0 radical (unpaired) electrons. The Kier molecular flexibility index (Phi) is 9.58. The number of methoxy groups -OCH3 is 1. The zero-order valence-corrected chi connectivity index (χ0v) is 27.0. The zero-order chi connectivity index (χ0) is 34.0. The van der Waals surface area contributed by atoms with Crippen molar-refractivity contribution in [2.45, 2.75) is 50.5 Å². The minimum Gasteiger partial charge on any atom is -0.483 e. The molecule has 3 saturated heterocycles. The number of piperidine rings is 1. The number of benzene rings is 1. The Morgan fingerprint density at radius 1 is 1.19 bits per heavy atom. The number of aromatic nitrogens is 3. The van der Waals surface area contributed by atoms with Gasteiger partial charge in [-0.15, -0.1) is 0 Å². The van der Waals surface area contributed by atoms with Gasteiger partial charge >= 0.3 is 5.92 Å². The molecule has 1 amide bonds. The molecule has 0 saturated carbocycles. The van der Waals surface area contributed by atoms with Crippen LogP contribution in [-0.2, 0) is 9.53 Å². The lowest BCUT2D eigenvalue weighted by molar-refractivity contribution is -0.165. The molecule has 3 aliphatic rings. The molecule has 2 N–H and O–H groups in total. The van der Waals surface area contributed by atoms with Crippen LogP contribution in [0.15, 0.2) is 42.6 Å². The Hall–Kier alpha value is -4.65. The third-order valence-corrected chi connectivity index (χ3v) is 8.91. The summed E-state index contributed by atoms with van der Waals surface area (Å²) in [5, 5.41) is 22.5. The highest BCUT2D eigenvalue weighted by molar-refractivity contribution is 5.80. The zero-order valence-electron chi connectivity index (χ0n) is 27.0. The smallest absolute Gasteiger partial charge is 0.301 e. The van der Waals surface area contributed by atoms with Crippen LogP contribution in [0.2, 0.25) is 0 Å². The Morgan fingerprint density at radius 2 is 2.00 bits per heavy atom. The summed E-state index contributed by atoms with van der Waals surface area (Å²) in [5.41, 5.74) is 1.99. The fourth-order valence-electron chi connectivity index (χ4n) is 6.29. The van der Waals surface area contributed by atoms with Crippen molar-refractivity contribution in [3.8, 4) is 29.0 Å². The van der Waals surface area contributed by atoms with E-state index in [1.165, 1.54) is 19.1 Å². The van der Waals surface area contributed by atoms with Crippen molar-refractivity contribution in [3.05, 3.63) is 48.2 Å². The summed E-state index contributed by atoms with van der Waals surface area (Å²) < 4.78 is 46.5. The van der Waals surface area contributed by atoms with Gasteiger partial charge in [0.2, 0.25) is 11.8 Å². The molecule has 3 fully saturated rings. The number of nitriles is 1. The van der Waals surface area contributed by atoms with E-state index in [9.17, 15) is 23.9 Å². The molecule has 3 aromatic rings. The Morgan fingerprint density at radius 3 is 2.67 bits per heavy atom. The summed E-state index contributed by atoms with van der Waals surface area (Å²) in [5.74, 6) is -2.93. The normalized spacial score (nSPS) is 21.9. The maximum Gasteiger partial charge on any atom is 0.301 e. The van der Waals surface area contributed by atoms with Crippen LogP contribution in [0.1, 0.15) is 25.8 Å². The molecule has 15 heteroatoms. The van der Waals surface area contributed by atoms with E-state index in [-0.39, 0.29) is 30.2 Å². The third kappa shape index (κ3) is 6.96. The van der Waals surface area contributed by atoms with Gasteiger partial charge in [0.1, 0.15) is 29.4 Å². The first-order valence-corrected chi connectivity index (χ1v) is 15.9. The molecule has 3 atom stereocenters. The lowest BCUT2D eigenvalue weighted by Gasteiger charge is -2.47. The number of nitrogens with zero attached hydrogens (tertiary/aromatic N) is 7. The van der Waals surface area contributed by atoms with Crippen molar-refractivity contribution in [3.63, 3.8) is 0 Å². The molecule has 6 rings (SSSR count). The number of pyridine rings is 1. The van der Waals surface area contributed by atoms with Crippen molar-refractivity contribution in [2.24, 2.45) is 0 Å². The second-order valence-corrected chi connectivity index (χ2v) is 12.3. The van der Waals surface area contributed by atoms with Crippen LogP contribution in [0.25, 0.3) is 11.3 Å². The number of alkyl halides is 2. The Labute approximate surface area is 277 Å². The van der Waals surface area contributed by atoms with Crippen LogP contribution in [0.5, 0.6) is 11.6 Å². The number of halogens is 2. The molecular formula is C33H38F2N8O5. The fraction of sp³-hybridized carbons (Fsp3) is 0.485. The molecule has 48 heavy (non-hydrogen) atoms. The molecule has 5 heterocycles. The molecule has 3 aliphatic heterocycles. The average molecular weight is 665 g/mol. The van der Waals surface area contributed by atoms with Gasteiger partial charge in [0.05, 0.1) is 44.2 Å². The summed E-state index contributed by atoms with van der Waals surface area (Å²) >= 11 is 0. The number of hydrogen-bond donors (Lipinski definition) is 2. The van der Waals surface area contributed by atoms with Crippen molar-refractivity contribution in [1.29, 1.82) is 5.26 Å². The third-order valence-electron chi connectivity index (χ3n) is 8.91. The number of aliphatic hydroxyl groups is 1. The fourth-order valence-corrected chi connectivity index (χ4v) is 6.29. The van der Waals surface area contributed by atoms with Gasteiger partial charge in [0.25, 0.3) is 5.91 Å². The maximum atomic E-state index is 14.9. The van der Waals surface area contributed by atoms with Crippen LogP contribution in [0.3, 0.4) is 0 Å². The summed E-state index contributed by atoms with van der Waals surface area (Å²) in [7, 11) is 1.58. The molecule has 13 nitrogen and oxygen atoms in total. The Balaban J connectivity index is 1.13. The van der Waals surface area contributed by atoms with Gasteiger partial charge in [-0.05, 0) is 50.2 Å². The summed E-state index contributed by atoms with van der Waals surface area (Å²) in [6.07, 6.45) is -1.52. The van der Waals surface area contributed by atoms with E-state index in [0.717, 1.165) is 43.4 Å². The molecule has 254 valence electrons.